The number of hydrogen-bond acceptors (Lipinski definition) is 4. The fourth-order valence-corrected chi connectivity index (χ4v) is 2.66. The van der Waals surface area contributed by atoms with Crippen LogP contribution in [0, 0.1) is 11.8 Å². The predicted molar refractivity (Wildman–Crippen MR) is 86.4 cm³/mol. The molecule has 0 aromatic heterocycles. The molecule has 0 bridgehead atoms. The number of hydrogen-bond donors (Lipinski definition) is 1. The summed E-state index contributed by atoms with van der Waals surface area (Å²) < 4.78 is 73.7. The van der Waals surface area contributed by atoms with Gasteiger partial charge in [0, 0.05) is 5.92 Å². The fourth-order valence-electron chi connectivity index (χ4n) is 2.66. The SMILES string of the molecule is [2H]c1c([2H])c(O)c([2H])c(C[C@H]2COC(=O)[C@@H]2Cc2c([2H])c([2H])c([2H])c([2H])c2OC)c1[2H]. The minimum absolute atomic E-state index is 0.00808. The number of carbonyl (C=O) groups is 1. The van der Waals surface area contributed by atoms with Crippen molar-refractivity contribution in [2.45, 2.75) is 12.8 Å². The van der Waals surface area contributed by atoms with E-state index in [4.69, 9.17) is 20.4 Å². The second-order valence-corrected chi connectivity index (χ2v) is 5.24. The lowest BCUT2D eigenvalue weighted by molar-refractivity contribution is -0.141. The quantitative estimate of drug-likeness (QED) is 0.861. The highest BCUT2D eigenvalue weighted by molar-refractivity contribution is 5.75. The number of phenolic OH excluding ortho intramolecular Hbond substituents is 1. The van der Waals surface area contributed by atoms with Crippen molar-refractivity contribution >= 4 is 5.97 Å². The Bertz CT molecular complexity index is 1040. The largest absolute Gasteiger partial charge is 0.508 e. The molecule has 0 saturated carbocycles. The molecule has 2 aromatic rings. The van der Waals surface area contributed by atoms with Crippen LogP contribution in [-0.4, -0.2) is 24.8 Å². The molecule has 0 aliphatic carbocycles. The number of phenols is 1. The van der Waals surface area contributed by atoms with Gasteiger partial charge in [0.05, 0.1) is 30.6 Å². The topological polar surface area (TPSA) is 55.8 Å². The summed E-state index contributed by atoms with van der Waals surface area (Å²) in [7, 11) is 1.27. The lowest BCUT2D eigenvalue weighted by Gasteiger charge is -2.17. The fraction of sp³-hybridized carbons (Fsp3) is 0.316. The summed E-state index contributed by atoms with van der Waals surface area (Å²) in [5.41, 5.74) is 0.124. The van der Waals surface area contributed by atoms with Crippen LogP contribution in [0.3, 0.4) is 0 Å². The minimum Gasteiger partial charge on any atom is -0.508 e. The maximum atomic E-state index is 12.4. The van der Waals surface area contributed by atoms with Crippen molar-refractivity contribution in [3.05, 3.63) is 59.5 Å². The predicted octanol–water partition coefficient (Wildman–Crippen LogP) is 2.98. The molecular formula is C19H20O4. The van der Waals surface area contributed by atoms with Gasteiger partial charge in [-0.05, 0) is 42.1 Å². The molecular weight excluding hydrogens is 292 g/mol. The van der Waals surface area contributed by atoms with E-state index >= 15 is 0 Å². The smallest absolute Gasteiger partial charge is 0.309 e. The number of carbonyl (C=O) groups excluding carboxylic acids is 1. The zero-order valence-electron chi connectivity index (χ0n) is 20.4. The average Bonchev–Trinajstić information content (AvgIpc) is 3.10. The van der Waals surface area contributed by atoms with Crippen molar-refractivity contribution in [3.63, 3.8) is 0 Å². The molecule has 0 radical (unpaired) electrons. The van der Waals surface area contributed by atoms with Crippen molar-refractivity contribution in [3.8, 4) is 11.5 Å². The van der Waals surface area contributed by atoms with Crippen LogP contribution >= 0.6 is 0 Å². The Morgan fingerprint density at radius 2 is 2.09 bits per heavy atom. The van der Waals surface area contributed by atoms with Crippen molar-refractivity contribution in [1.82, 2.24) is 0 Å². The summed E-state index contributed by atoms with van der Waals surface area (Å²) in [6.07, 6.45) is -0.165. The monoisotopic (exact) mass is 320 g/mol. The van der Waals surface area contributed by atoms with Gasteiger partial charge in [0.25, 0.3) is 0 Å². The van der Waals surface area contributed by atoms with E-state index in [0.29, 0.717) is 0 Å². The molecule has 23 heavy (non-hydrogen) atoms. The maximum Gasteiger partial charge on any atom is 0.309 e. The van der Waals surface area contributed by atoms with Crippen LogP contribution < -0.4 is 4.74 Å². The molecule has 1 fully saturated rings. The molecule has 0 unspecified atom stereocenters. The first-order valence-electron chi connectivity index (χ1n) is 11.1. The van der Waals surface area contributed by atoms with Gasteiger partial charge in [0.1, 0.15) is 11.5 Å². The van der Waals surface area contributed by atoms with Crippen LogP contribution in [-0.2, 0) is 22.4 Å². The van der Waals surface area contributed by atoms with E-state index in [0.717, 1.165) is 0 Å². The Hall–Kier alpha value is -2.49. The number of esters is 1. The summed E-state index contributed by atoms with van der Waals surface area (Å²) in [6.45, 7) is -0.0489. The molecule has 1 N–H and O–H groups in total. The molecule has 2 aromatic carbocycles. The third-order valence-corrected chi connectivity index (χ3v) is 3.80. The number of aromatic hydroxyl groups is 1. The van der Waals surface area contributed by atoms with Gasteiger partial charge in [0.2, 0.25) is 0 Å². The van der Waals surface area contributed by atoms with Crippen molar-refractivity contribution < 1.29 is 30.3 Å². The summed E-state index contributed by atoms with van der Waals surface area (Å²) in [5, 5.41) is 9.93. The maximum absolute atomic E-state index is 12.4. The van der Waals surface area contributed by atoms with E-state index in [2.05, 4.69) is 0 Å². The summed E-state index contributed by atoms with van der Waals surface area (Å²) >= 11 is 0. The number of cyclic esters (lactones) is 1. The lowest BCUT2D eigenvalue weighted by Crippen LogP contribution is -2.21. The van der Waals surface area contributed by atoms with E-state index in [-0.39, 0.29) is 54.5 Å². The Kier molecular flexibility index (Phi) is 2.45. The van der Waals surface area contributed by atoms with Crippen LogP contribution in [0.5, 0.6) is 11.5 Å². The van der Waals surface area contributed by atoms with Gasteiger partial charge in [0.15, 0.2) is 0 Å². The Labute approximate surface area is 146 Å². The van der Waals surface area contributed by atoms with Crippen LogP contribution in [0.2, 0.25) is 0 Å². The van der Waals surface area contributed by atoms with Gasteiger partial charge in [-0.2, -0.15) is 0 Å². The first-order chi connectivity index (χ1) is 14.5. The molecule has 2 atom stereocenters. The van der Waals surface area contributed by atoms with Crippen molar-refractivity contribution in [2.75, 3.05) is 13.7 Å². The van der Waals surface area contributed by atoms with Crippen molar-refractivity contribution in [2.24, 2.45) is 11.8 Å². The number of rotatable bonds is 5. The molecule has 1 heterocycles. The van der Waals surface area contributed by atoms with Gasteiger partial charge in [-0.3, -0.25) is 4.79 Å². The highest BCUT2D eigenvalue weighted by Gasteiger charge is 2.37. The van der Waals surface area contributed by atoms with Gasteiger partial charge < -0.3 is 14.6 Å². The zero-order chi connectivity index (χ0) is 23.2. The third kappa shape index (κ3) is 3.47. The molecule has 1 aliphatic rings. The van der Waals surface area contributed by atoms with Gasteiger partial charge in [-0.15, -0.1) is 0 Å². The van der Waals surface area contributed by atoms with Gasteiger partial charge in [-0.25, -0.2) is 0 Å². The van der Waals surface area contributed by atoms with E-state index in [1.807, 2.05) is 0 Å². The number of methoxy groups -OCH3 is 1. The zero-order valence-corrected chi connectivity index (χ0v) is 12.4. The molecule has 1 aliphatic heterocycles. The molecule has 0 spiro atoms. The summed E-state index contributed by atoms with van der Waals surface area (Å²) in [4.78, 5) is 12.4. The second-order valence-electron chi connectivity index (χ2n) is 5.24. The molecule has 3 rings (SSSR count). The molecule has 120 valence electrons. The van der Waals surface area contributed by atoms with Crippen LogP contribution in [0.15, 0.2) is 48.3 Å². The Morgan fingerprint density at radius 1 is 1.26 bits per heavy atom. The molecule has 1 saturated heterocycles. The second kappa shape index (κ2) is 6.73. The number of para-hydroxylation sites is 1. The normalized spacial score (nSPS) is 25.2. The van der Waals surface area contributed by atoms with Crippen LogP contribution in [0.4, 0.5) is 0 Å². The Morgan fingerprint density at radius 3 is 2.91 bits per heavy atom. The van der Waals surface area contributed by atoms with E-state index in [1.54, 1.807) is 0 Å². The molecule has 4 heteroatoms. The first kappa shape index (κ1) is 8.39. The first-order valence-corrected chi connectivity index (χ1v) is 7.09. The molecule has 4 nitrogen and oxygen atoms in total. The average molecular weight is 320 g/mol. The minimum atomic E-state index is -0.848. The van der Waals surface area contributed by atoms with Crippen molar-refractivity contribution in [1.29, 1.82) is 0 Å². The lowest BCUT2D eigenvalue weighted by atomic mass is 9.85. The number of ether oxygens (including phenoxy) is 2. The number of benzene rings is 2. The standard InChI is InChI=1S/C19H20O4/c1-22-18-8-3-2-6-14(18)11-17-15(12-23-19(17)21)9-13-5-4-7-16(20)10-13/h2-8,10,15,17,20H,9,11-12H2,1H3/t15-,17+/m0/s1/i2D,3D,4D,5D,6D,7D,8D,10D. The molecule has 0 amide bonds. The highest BCUT2D eigenvalue weighted by atomic mass is 16.5. The van der Waals surface area contributed by atoms with Crippen LogP contribution in [0.25, 0.3) is 0 Å². The third-order valence-electron chi connectivity index (χ3n) is 3.80. The van der Waals surface area contributed by atoms with E-state index in [9.17, 15) is 9.90 Å². The Balaban J connectivity index is 2.00. The van der Waals surface area contributed by atoms with Gasteiger partial charge in [-0.1, -0.05) is 30.2 Å². The summed E-state index contributed by atoms with van der Waals surface area (Å²) in [5.74, 6) is -2.79. The van der Waals surface area contributed by atoms with Gasteiger partial charge >= 0.3 is 5.97 Å². The van der Waals surface area contributed by atoms with E-state index in [1.165, 1.54) is 7.11 Å². The highest BCUT2D eigenvalue weighted by Crippen LogP contribution is 2.32. The summed E-state index contributed by atoms with van der Waals surface area (Å²) in [6, 6.07) is -3.58. The van der Waals surface area contributed by atoms with Crippen LogP contribution in [0.1, 0.15) is 22.1 Å². The van der Waals surface area contributed by atoms with E-state index < -0.39 is 53.8 Å².